The summed E-state index contributed by atoms with van der Waals surface area (Å²) in [5.41, 5.74) is 0.305. The quantitative estimate of drug-likeness (QED) is 0.310. The number of hydrogen-bond donors (Lipinski definition) is 4. The monoisotopic (exact) mass is 634 g/mol. The topological polar surface area (TPSA) is 166 Å². The van der Waals surface area contributed by atoms with Crippen molar-refractivity contribution in [2.75, 3.05) is 52.2 Å². The molecule has 1 aliphatic heterocycles. The van der Waals surface area contributed by atoms with E-state index in [2.05, 4.69) is 34.2 Å². The summed E-state index contributed by atoms with van der Waals surface area (Å²) in [6.07, 6.45) is -9.24. The van der Waals surface area contributed by atoms with Crippen molar-refractivity contribution in [3.8, 4) is 17.1 Å². The molecule has 1 saturated heterocycles. The van der Waals surface area contributed by atoms with E-state index in [0.29, 0.717) is 12.1 Å². The van der Waals surface area contributed by atoms with Gasteiger partial charge in [-0.3, -0.25) is 4.90 Å². The Hall–Kier alpha value is -4.13. The van der Waals surface area contributed by atoms with Gasteiger partial charge in [-0.15, -0.1) is 0 Å². The van der Waals surface area contributed by atoms with Crippen LogP contribution in [-0.4, -0.2) is 113 Å². The number of carboxylic acid groups (broad SMARTS) is 3. The number of likely N-dealkylation sites (N-methyl/N-ethyl adjacent to an activating group) is 1. The normalized spacial score (nSPS) is 14.8. The van der Waals surface area contributed by atoms with Gasteiger partial charge in [-0.1, -0.05) is 12.1 Å². The van der Waals surface area contributed by atoms with Crippen molar-refractivity contribution < 1.29 is 69.7 Å². The van der Waals surface area contributed by atoms with E-state index in [-0.39, 0.29) is 28.9 Å². The zero-order valence-electron chi connectivity index (χ0n) is 22.9. The smallest absolute Gasteiger partial charge is 0.490 e. The third-order valence-corrected chi connectivity index (χ3v) is 5.83. The number of rotatable bonds is 8. The van der Waals surface area contributed by atoms with Crippen molar-refractivity contribution >= 4 is 23.7 Å². The number of hydrogen-bond acceptors (Lipinski definition) is 9. The second-order valence-electron chi connectivity index (χ2n) is 8.78. The molecule has 43 heavy (non-hydrogen) atoms. The predicted octanol–water partition coefficient (Wildman–Crippen LogP) is 3.89. The summed E-state index contributed by atoms with van der Waals surface area (Å²) in [5.74, 6) is -6.98. The molecule has 0 spiro atoms. The minimum atomic E-state index is -5.08. The molecule has 1 aliphatic rings. The number of piperazine rings is 1. The zero-order valence-corrected chi connectivity index (χ0v) is 22.9. The van der Waals surface area contributed by atoms with Gasteiger partial charge in [0.15, 0.2) is 28.7 Å². The minimum absolute atomic E-state index is 0.00543. The molecule has 2 aromatic rings. The fourth-order valence-corrected chi connectivity index (χ4v) is 3.54. The SMILES string of the molecule is CCC(CNc1noc(-c2ccc(F)c(OC)c2)c1C(=O)O)N1CCN(C)CC1.O=C(O)C(F)(F)F.O=C(O)C(F)(F)F. The van der Waals surface area contributed by atoms with E-state index in [4.69, 9.17) is 29.1 Å². The Morgan fingerprint density at radius 1 is 1.02 bits per heavy atom. The van der Waals surface area contributed by atoms with E-state index in [1.165, 1.54) is 25.3 Å². The lowest BCUT2D eigenvalue weighted by atomic mass is 10.1. The van der Waals surface area contributed by atoms with E-state index >= 15 is 0 Å². The molecule has 0 bridgehead atoms. The first-order chi connectivity index (χ1) is 19.8. The molecule has 1 aromatic carbocycles. The summed E-state index contributed by atoms with van der Waals surface area (Å²) in [7, 11) is 3.45. The summed E-state index contributed by atoms with van der Waals surface area (Å²) in [4.78, 5) is 34.4. The maximum atomic E-state index is 13.7. The Balaban J connectivity index is 0.000000548. The number of benzene rings is 1. The number of nitrogens with zero attached hydrogens (tertiary/aromatic N) is 3. The number of nitrogens with one attached hydrogen (secondary N) is 1. The van der Waals surface area contributed by atoms with Crippen molar-refractivity contribution in [2.24, 2.45) is 0 Å². The number of halogens is 7. The Bertz CT molecular complexity index is 1210. The zero-order chi connectivity index (χ0) is 33.1. The second kappa shape index (κ2) is 15.9. The summed E-state index contributed by atoms with van der Waals surface area (Å²) in [6.45, 7) is 6.64. The van der Waals surface area contributed by atoms with Crippen LogP contribution in [0.1, 0.15) is 23.7 Å². The molecule has 0 radical (unpaired) electrons. The van der Waals surface area contributed by atoms with E-state index in [1.54, 1.807) is 0 Å². The molecule has 242 valence electrons. The van der Waals surface area contributed by atoms with Crippen molar-refractivity contribution in [3.63, 3.8) is 0 Å². The molecule has 0 amide bonds. The van der Waals surface area contributed by atoms with Gasteiger partial charge in [-0.05, 0) is 31.7 Å². The first-order valence-electron chi connectivity index (χ1n) is 12.2. The highest BCUT2D eigenvalue weighted by molar-refractivity contribution is 5.99. The van der Waals surface area contributed by atoms with Gasteiger partial charge in [-0.2, -0.15) is 26.3 Å². The Morgan fingerprint density at radius 2 is 1.53 bits per heavy atom. The number of alkyl halides is 6. The molecule has 3 rings (SSSR count). The van der Waals surface area contributed by atoms with Crippen molar-refractivity contribution in [3.05, 3.63) is 29.6 Å². The first-order valence-corrected chi connectivity index (χ1v) is 12.2. The van der Waals surface area contributed by atoms with Gasteiger partial charge >= 0.3 is 30.3 Å². The van der Waals surface area contributed by atoms with Crippen LogP contribution < -0.4 is 10.1 Å². The van der Waals surface area contributed by atoms with E-state index < -0.39 is 36.1 Å². The van der Waals surface area contributed by atoms with Crippen molar-refractivity contribution in [1.29, 1.82) is 0 Å². The molecule has 1 unspecified atom stereocenters. The number of ether oxygens (including phenoxy) is 1. The average Bonchev–Trinajstić information content (AvgIpc) is 3.34. The Labute approximate surface area is 239 Å². The van der Waals surface area contributed by atoms with Gasteiger partial charge < -0.3 is 34.8 Å². The van der Waals surface area contributed by atoms with Crippen LogP contribution in [0, 0.1) is 5.82 Å². The molecule has 19 heteroatoms. The fraction of sp³-hybridized carbons (Fsp3) is 0.500. The molecule has 2 heterocycles. The molecule has 1 fully saturated rings. The molecule has 4 N–H and O–H groups in total. The second-order valence-corrected chi connectivity index (χ2v) is 8.78. The summed E-state index contributed by atoms with van der Waals surface area (Å²) < 4.78 is 87.5. The lowest BCUT2D eigenvalue weighted by molar-refractivity contribution is -0.193. The van der Waals surface area contributed by atoms with Crippen molar-refractivity contribution in [2.45, 2.75) is 31.7 Å². The highest BCUT2D eigenvalue weighted by atomic mass is 19.4. The van der Waals surface area contributed by atoms with Crippen LogP contribution in [0.3, 0.4) is 0 Å². The molecule has 0 aliphatic carbocycles. The Morgan fingerprint density at radius 3 is 1.95 bits per heavy atom. The Kier molecular flexibility index (Phi) is 13.7. The first kappa shape index (κ1) is 36.9. The van der Waals surface area contributed by atoms with Crippen LogP contribution >= 0.6 is 0 Å². The highest BCUT2D eigenvalue weighted by Gasteiger charge is 2.39. The average molecular weight is 635 g/mol. The number of carboxylic acids is 3. The lowest BCUT2D eigenvalue weighted by Crippen LogP contribution is -2.50. The standard InChI is InChI=1S/C20H27FN4O4.2C2HF3O2/c1-4-14(25-9-7-24(2)8-10-25)12-22-19-17(20(26)27)18(29-23-19)13-5-6-15(21)16(11-13)28-3;2*3-2(4,5)1(6)7/h5-6,11,14H,4,7-10,12H2,1-3H3,(H,22,23)(H,26,27);2*(H,6,7). The van der Waals surface area contributed by atoms with E-state index in [1.807, 2.05) is 0 Å². The highest BCUT2D eigenvalue weighted by Crippen LogP contribution is 2.32. The van der Waals surface area contributed by atoms with Gasteiger partial charge in [-0.25, -0.2) is 18.8 Å². The van der Waals surface area contributed by atoms with Gasteiger partial charge in [0.05, 0.1) is 7.11 Å². The van der Waals surface area contributed by atoms with Crippen LogP contribution in [-0.2, 0) is 9.59 Å². The number of anilines is 1. The lowest BCUT2D eigenvalue weighted by Gasteiger charge is -2.37. The summed E-state index contributed by atoms with van der Waals surface area (Å²) >= 11 is 0. The number of aliphatic carboxylic acids is 2. The summed E-state index contributed by atoms with van der Waals surface area (Å²) in [6, 6.07) is 4.30. The van der Waals surface area contributed by atoms with Crippen LogP contribution in [0.5, 0.6) is 5.75 Å². The minimum Gasteiger partial charge on any atom is -0.494 e. The third kappa shape index (κ3) is 11.6. The maximum Gasteiger partial charge on any atom is 0.490 e. The van der Waals surface area contributed by atoms with E-state index in [0.717, 1.165) is 32.6 Å². The van der Waals surface area contributed by atoms with Gasteiger partial charge in [0.25, 0.3) is 0 Å². The molecule has 0 saturated carbocycles. The van der Waals surface area contributed by atoms with Gasteiger partial charge in [0.2, 0.25) is 0 Å². The maximum absolute atomic E-state index is 13.7. The molecule has 12 nitrogen and oxygen atoms in total. The predicted molar refractivity (Wildman–Crippen MR) is 134 cm³/mol. The third-order valence-electron chi connectivity index (χ3n) is 5.83. The fourth-order valence-electron chi connectivity index (χ4n) is 3.54. The van der Waals surface area contributed by atoms with Crippen LogP contribution in [0.2, 0.25) is 0 Å². The van der Waals surface area contributed by atoms with Gasteiger partial charge in [0, 0.05) is 44.3 Å². The number of aromatic carboxylic acids is 1. The van der Waals surface area contributed by atoms with Crippen LogP contribution in [0.15, 0.2) is 22.7 Å². The van der Waals surface area contributed by atoms with Crippen molar-refractivity contribution in [1.82, 2.24) is 15.0 Å². The van der Waals surface area contributed by atoms with Gasteiger partial charge in [0.1, 0.15) is 0 Å². The number of carbonyl (C=O) groups is 3. The van der Waals surface area contributed by atoms with Crippen LogP contribution in [0.25, 0.3) is 11.3 Å². The number of methoxy groups -OCH3 is 1. The molecular weight excluding hydrogens is 605 g/mol. The molecular formula is C24H29F7N4O8. The summed E-state index contributed by atoms with van der Waals surface area (Å²) in [5, 5.41) is 31.0. The number of aromatic nitrogens is 1. The van der Waals surface area contributed by atoms with E-state index in [9.17, 15) is 40.6 Å². The molecule has 1 aromatic heterocycles. The molecule has 1 atom stereocenters. The largest absolute Gasteiger partial charge is 0.494 e. The van der Waals surface area contributed by atoms with Crippen LogP contribution in [0.4, 0.5) is 36.6 Å².